The van der Waals surface area contributed by atoms with Gasteiger partial charge < -0.3 is 15.4 Å². The van der Waals surface area contributed by atoms with Crippen LogP contribution in [0.3, 0.4) is 0 Å². The number of benzene rings is 1. The third-order valence-corrected chi connectivity index (χ3v) is 2.15. The summed E-state index contributed by atoms with van der Waals surface area (Å²) in [6.45, 7) is 0. The molecule has 0 saturated heterocycles. The standard InChI is InChI=1S/C7H9NO3S/c8-7(12(10)11)5-1-3-6(9)4-2-5/h1-4,7,9H,8H2,(H,10,11). The van der Waals surface area contributed by atoms with Gasteiger partial charge in [-0.2, -0.15) is 0 Å². The van der Waals surface area contributed by atoms with Gasteiger partial charge in [0.1, 0.15) is 11.1 Å². The molecular formula is C7H9NO3S. The Morgan fingerprint density at radius 2 is 1.83 bits per heavy atom. The molecule has 0 aromatic heterocycles. The van der Waals surface area contributed by atoms with Crippen molar-refractivity contribution >= 4 is 11.1 Å². The number of rotatable bonds is 2. The monoisotopic (exact) mass is 187 g/mol. The maximum absolute atomic E-state index is 10.5. The van der Waals surface area contributed by atoms with Gasteiger partial charge in [-0.25, -0.2) is 4.21 Å². The van der Waals surface area contributed by atoms with Gasteiger partial charge in [0.2, 0.25) is 0 Å². The summed E-state index contributed by atoms with van der Waals surface area (Å²) in [4.78, 5) is 0. The minimum Gasteiger partial charge on any atom is -0.508 e. The molecule has 4 nitrogen and oxygen atoms in total. The van der Waals surface area contributed by atoms with Crippen molar-refractivity contribution in [2.24, 2.45) is 5.73 Å². The van der Waals surface area contributed by atoms with Crippen molar-refractivity contribution in [1.29, 1.82) is 0 Å². The van der Waals surface area contributed by atoms with Crippen molar-refractivity contribution in [1.82, 2.24) is 0 Å². The molecule has 0 aliphatic carbocycles. The number of phenols is 1. The van der Waals surface area contributed by atoms with Crippen molar-refractivity contribution in [3.63, 3.8) is 0 Å². The van der Waals surface area contributed by atoms with E-state index in [2.05, 4.69) is 0 Å². The van der Waals surface area contributed by atoms with Crippen molar-refractivity contribution in [3.05, 3.63) is 29.8 Å². The summed E-state index contributed by atoms with van der Waals surface area (Å²) in [7, 11) is 0. The van der Waals surface area contributed by atoms with Gasteiger partial charge in [-0.05, 0) is 17.7 Å². The van der Waals surface area contributed by atoms with Crippen LogP contribution in [0.25, 0.3) is 0 Å². The quantitative estimate of drug-likeness (QED) is 0.591. The summed E-state index contributed by atoms with van der Waals surface area (Å²) in [5.74, 6) is 0.106. The van der Waals surface area contributed by atoms with Crippen LogP contribution >= 0.6 is 0 Å². The highest BCUT2D eigenvalue weighted by molar-refractivity contribution is 7.79. The van der Waals surface area contributed by atoms with Gasteiger partial charge in [-0.3, -0.25) is 0 Å². The van der Waals surface area contributed by atoms with Crippen molar-refractivity contribution in [2.45, 2.75) is 5.37 Å². The second-order valence-electron chi connectivity index (χ2n) is 2.29. The molecule has 0 aliphatic heterocycles. The van der Waals surface area contributed by atoms with Gasteiger partial charge in [0, 0.05) is 0 Å². The molecule has 4 N–H and O–H groups in total. The van der Waals surface area contributed by atoms with Gasteiger partial charge in [0.15, 0.2) is 11.1 Å². The summed E-state index contributed by atoms with van der Waals surface area (Å²) in [6.07, 6.45) is 0. The van der Waals surface area contributed by atoms with Crippen LogP contribution in [0.5, 0.6) is 5.75 Å². The number of hydrogen-bond donors (Lipinski definition) is 3. The Balaban J connectivity index is 2.89. The highest BCUT2D eigenvalue weighted by Gasteiger charge is 2.10. The van der Waals surface area contributed by atoms with E-state index in [1.807, 2.05) is 0 Å². The molecule has 0 fully saturated rings. The average molecular weight is 187 g/mol. The second-order valence-corrected chi connectivity index (χ2v) is 3.35. The Labute approximate surface area is 72.3 Å². The fourth-order valence-corrected chi connectivity index (χ4v) is 1.17. The Bertz CT molecular complexity index is 285. The van der Waals surface area contributed by atoms with Gasteiger partial charge in [-0.15, -0.1) is 0 Å². The summed E-state index contributed by atoms with van der Waals surface area (Å²) in [5, 5.41) is 7.99. The maximum atomic E-state index is 10.5. The summed E-state index contributed by atoms with van der Waals surface area (Å²) in [5.41, 5.74) is 5.88. The number of nitrogens with two attached hydrogens (primary N) is 1. The van der Waals surface area contributed by atoms with Crippen LogP contribution in [-0.4, -0.2) is 13.9 Å². The lowest BCUT2D eigenvalue weighted by Gasteiger charge is -2.06. The predicted molar refractivity (Wildman–Crippen MR) is 45.8 cm³/mol. The van der Waals surface area contributed by atoms with Crippen LogP contribution in [0.2, 0.25) is 0 Å². The summed E-state index contributed by atoms with van der Waals surface area (Å²) in [6, 6.07) is 5.85. The fraction of sp³-hybridized carbons (Fsp3) is 0.143. The van der Waals surface area contributed by atoms with Crippen molar-refractivity contribution in [2.75, 3.05) is 0 Å². The molecule has 0 heterocycles. The van der Waals surface area contributed by atoms with Crippen molar-refractivity contribution < 1.29 is 13.9 Å². The molecule has 66 valence electrons. The van der Waals surface area contributed by atoms with E-state index in [9.17, 15) is 4.21 Å². The predicted octanol–water partition coefficient (Wildman–Crippen LogP) is 0.571. The van der Waals surface area contributed by atoms with Crippen LogP contribution in [-0.2, 0) is 11.1 Å². The first-order chi connectivity index (χ1) is 5.61. The zero-order valence-electron chi connectivity index (χ0n) is 6.18. The Kier molecular flexibility index (Phi) is 2.80. The molecular weight excluding hydrogens is 178 g/mol. The third kappa shape index (κ3) is 2.04. The van der Waals surface area contributed by atoms with Crippen LogP contribution < -0.4 is 5.73 Å². The van der Waals surface area contributed by atoms with Crippen molar-refractivity contribution in [3.8, 4) is 5.75 Å². The molecule has 0 amide bonds. The molecule has 2 unspecified atom stereocenters. The third-order valence-electron chi connectivity index (χ3n) is 1.44. The normalized spacial score (nSPS) is 15.5. The molecule has 2 atom stereocenters. The van der Waals surface area contributed by atoms with Gasteiger partial charge >= 0.3 is 0 Å². The van der Waals surface area contributed by atoms with E-state index in [-0.39, 0.29) is 5.75 Å². The van der Waals surface area contributed by atoms with E-state index in [1.54, 1.807) is 0 Å². The smallest absolute Gasteiger partial charge is 0.175 e. The number of aromatic hydroxyl groups is 1. The lowest BCUT2D eigenvalue weighted by molar-refractivity contribution is 0.475. The summed E-state index contributed by atoms with van der Waals surface area (Å²) < 4.78 is 19.1. The highest BCUT2D eigenvalue weighted by Crippen LogP contribution is 2.16. The van der Waals surface area contributed by atoms with Crippen LogP contribution in [0, 0.1) is 0 Å². The lowest BCUT2D eigenvalue weighted by atomic mass is 10.2. The van der Waals surface area contributed by atoms with Crippen LogP contribution in [0.15, 0.2) is 24.3 Å². The van der Waals surface area contributed by atoms with Gasteiger partial charge in [0.05, 0.1) is 0 Å². The molecule has 1 aromatic carbocycles. The SMILES string of the molecule is NC(c1ccc(O)cc1)S(=O)O. The molecule has 1 rings (SSSR count). The van der Waals surface area contributed by atoms with Gasteiger partial charge in [-0.1, -0.05) is 12.1 Å². The Morgan fingerprint density at radius 1 is 1.33 bits per heavy atom. The molecule has 0 spiro atoms. The van der Waals surface area contributed by atoms with E-state index >= 15 is 0 Å². The molecule has 1 aromatic rings. The Hall–Kier alpha value is -0.910. The molecule has 0 aliphatic rings. The highest BCUT2D eigenvalue weighted by atomic mass is 32.2. The topological polar surface area (TPSA) is 83.5 Å². The molecule has 12 heavy (non-hydrogen) atoms. The van der Waals surface area contributed by atoms with Crippen LogP contribution in [0.4, 0.5) is 0 Å². The molecule has 5 heteroatoms. The largest absolute Gasteiger partial charge is 0.508 e. The Morgan fingerprint density at radius 3 is 2.25 bits per heavy atom. The van der Waals surface area contributed by atoms with Crippen LogP contribution in [0.1, 0.15) is 10.9 Å². The average Bonchev–Trinajstić information content (AvgIpc) is 2.04. The summed E-state index contributed by atoms with van der Waals surface area (Å²) >= 11 is -2.07. The van der Waals surface area contributed by atoms with E-state index in [1.165, 1.54) is 24.3 Å². The second kappa shape index (κ2) is 3.66. The first-order valence-corrected chi connectivity index (χ1v) is 4.42. The zero-order valence-corrected chi connectivity index (χ0v) is 6.99. The van der Waals surface area contributed by atoms with E-state index in [0.29, 0.717) is 5.56 Å². The van der Waals surface area contributed by atoms with E-state index in [0.717, 1.165) is 0 Å². The number of phenolic OH excluding ortho intramolecular Hbond substituents is 1. The van der Waals surface area contributed by atoms with E-state index in [4.69, 9.17) is 15.4 Å². The molecule has 0 saturated carbocycles. The maximum Gasteiger partial charge on any atom is 0.175 e. The first-order valence-electron chi connectivity index (χ1n) is 3.25. The zero-order chi connectivity index (χ0) is 9.14. The fourth-order valence-electron chi connectivity index (χ4n) is 0.780. The molecule has 0 radical (unpaired) electrons. The minimum atomic E-state index is -2.07. The first kappa shape index (κ1) is 9.18. The number of hydrogen-bond acceptors (Lipinski definition) is 3. The lowest BCUT2D eigenvalue weighted by Crippen LogP contribution is -2.15. The van der Waals surface area contributed by atoms with E-state index < -0.39 is 16.5 Å². The molecule has 0 bridgehead atoms. The van der Waals surface area contributed by atoms with Gasteiger partial charge in [0.25, 0.3) is 0 Å². The minimum absolute atomic E-state index is 0.106.